The number of rotatable bonds is 6. The Labute approximate surface area is 87.2 Å². The van der Waals surface area contributed by atoms with E-state index in [2.05, 4.69) is 19.2 Å². The molecule has 1 heterocycles. The predicted molar refractivity (Wildman–Crippen MR) is 57.5 cm³/mol. The van der Waals surface area contributed by atoms with Crippen molar-refractivity contribution >= 4 is 0 Å². The third-order valence-electron chi connectivity index (χ3n) is 2.50. The highest BCUT2D eigenvalue weighted by Gasteiger charge is 2.25. The molecule has 1 rings (SSSR count). The molecule has 1 aliphatic rings. The topological polar surface area (TPSA) is 30.5 Å². The van der Waals surface area contributed by atoms with Crippen LogP contribution < -0.4 is 5.32 Å². The first-order valence-electron chi connectivity index (χ1n) is 5.81. The summed E-state index contributed by atoms with van der Waals surface area (Å²) < 4.78 is 11.2. The minimum absolute atomic E-state index is 0.259. The molecule has 1 fully saturated rings. The first kappa shape index (κ1) is 12.0. The molecule has 0 saturated carbocycles. The van der Waals surface area contributed by atoms with Crippen LogP contribution in [0.5, 0.6) is 0 Å². The summed E-state index contributed by atoms with van der Waals surface area (Å²) in [4.78, 5) is 0. The standard InChI is InChI=1S/C11H23NO2/c1-3-6-12-10-5-8-13-9-11(10)14-7-4-2/h10-12H,3-9H2,1-2H3. The van der Waals surface area contributed by atoms with Crippen LogP contribution in [0.3, 0.4) is 0 Å². The molecule has 0 radical (unpaired) electrons. The molecule has 1 N–H and O–H groups in total. The molecule has 3 nitrogen and oxygen atoms in total. The molecule has 0 aromatic heterocycles. The maximum Gasteiger partial charge on any atom is 0.0961 e. The molecule has 0 spiro atoms. The first-order valence-corrected chi connectivity index (χ1v) is 5.81. The van der Waals surface area contributed by atoms with Gasteiger partial charge in [0.2, 0.25) is 0 Å². The Morgan fingerprint density at radius 2 is 2.21 bits per heavy atom. The average molecular weight is 201 g/mol. The monoisotopic (exact) mass is 201 g/mol. The zero-order chi connectivity index (χ0) is 10.2. The lowest BCUT2D eigenvalue weighted by atomic mass is 10.1. The van der Waals surface area contributed by atoms with E-state index >= 15 is 0 Å². The molecule has 1 saturated heterocycles. The maximum atomic E-state index is 5.75. The SMILES string of the molecule is CCCNC1CCOCC1OCCC. The van der Waals surface area contributed by atoms with Crippen molar-refractivity contribution in [1.82, 2.24) is 5.32 Å². The number of ether oxygens (including phenoxy) is 2. The van der Waals surface area contributed by atoms with E-state index in [1.165, 1.54) is 6.42 Å². The lowest BCUT2D eigenvalue weighted by Gasteiger charge is -2.32. The highest BCUT2D eigenvalue weighted by molar-refractivity contribution is 4.80. The van der Waals surface area contributed by atoms with E-state index in [-0.39, 0.29) is 6.10 Å². The van der Waals surface area contributed by atoms with Crippen LogP contribution in [0, 0.1) is 0 Å². The fourth-order valence-corrected chi connectivity index (χ4v) is 1.71. The van der Waals surface area contributed by atoms with Gasteiger partial charge in [0.05, 0.1) is 12.7 Å². The van der Waals surface area contributed by atoms with E-state index in [4.69, 9.17) is 9.47 Å². The van der Waals surface area contributed by atoms with Crippen molar-refractivity contribution < 1.29 is 9.47 Å². The van der Waals surface area contributed by atoms with Crippen LogP contribution in [0.1, 0.15) is 33.1 Å². The van der Waals surface area contributed by atoms with Crippen LogP contribution in [-0.4, -0.2) is 38.5 Å². The second-order valence-electron chi connectivity index (χ2n) is 3.83. The van der Waals surface area contributed by atoms with Gasteiger partial charge in [0.15, 0.2) is 0 Å². The van der Waals surface area contributed by atoms with Gasteiger partial charge in [-0.1, -0.05) is 13.8 Å². The smallest absolute Gasteiger partial charge is 0.0961 e. The Morgan fingerprint density at radius 3 is 2.93 bits per heavy atom. The van der Waals surface area contributed by atoms with Crippen LogP contribution >= 0.6 is 0 Å². The van der Waals surface area contributed by atoms with E-state index in [0.29, 0.717) is 6.04 Å². The Morgan fingerprint density at radius 1 is 1.36 bits per heavy atom. The molecule has 2 atom stereocenters. The van der Waals surface area contributed by atoms with Crippen LogP contribution in [0.25, 0.3) is 0 Å². The minimum Gasteiger partial charge on any atom is -0.379 e. The van der Waals surface area contributed by atoms with Gasteiger partial charge < -0.3 is 14.8 Å². The summed E-state index contributed by atoms with van der Waals surface area (Å²) in [6.45, 7) is 7.87. The van der Waals surface area contributed by atoms with Crippen LogP contribution in [0.15, 0.2) is 0 Å². The fourth-order valence-electron chi connectivity index (χ4n) is 1.71. The minimum atomic E-state index is 0.259. The third kappa shape index (κ3) is 3.95. The Hall–Kier alpha value is -0.120. The van der Waals surface area contributed by atoms with Crippen LogP contribution in [0.4, 0.5) is 0 Å². The second kappa shape index (κ2) is 7.21. The molecular weight excluding hydrogens is 178 g/mol. The Balaban J connectivity index is 2.26. The number of hydrogen-bond donors (Lipinski definition) is 1. The van der Waals surface area contributed by atoms with Crippen molar-refractivity contribution in [3.63, 3.8) is 0 Å². The van der Waals surface area contributed by atoms with Crippen molar-refractivity contribution in [3.8, 4) is 0 Å². The van der Waals surface area contributed by atoms with E-state index in [0.717, 1.165) is 39.2 Å². The summed E-state index contributed by atoms with van der Waals surface area (Å²) in [6.07, 6.45) is 3.60. The van der Waals surface area contributed by atoms with Crippen molar-refractivity contribution in [1.29, 1.82) is 0 Å². The molecular formula is C11H23NO2. The number of nitrogens with one attached hydrogen (secondary N) is 1. The van der Waals surface area contributed by atoms with Gasteiger partial charge in [-0.15, -0.1) is 0 Å². The third-order valence-corrected chi connectivity index (χ3v) is 2.50. The van der Waals surface area contributed by atoms with Gasteiger partial charge in [0.25, 0.3) is 0 Å². The van der Waals surface area contributed by atoms with Crippen LogP contribution in [0.2, 0.25) is 0 Å². The van der Waals surface area contributed by atoms with Crippen molar-refractivity contribution in [2.24, 2.45) is 0 Å². The molecule has 3 heteroatoms. The summed E-state index contributed by atoms with van der Waals surface area (Å²) >= 11 is 0. The Bertz CT molecular complexity index is 125. The molecule has 0 aliphatic carbocycles. The van der Waals surface area contributed by atoms with Gasteiger partial charge in [0.1, 0.15) is 0 Å². The molecule has 0 aromatic carbocycles. The van der Waals surface area contributed by atoms with Crippen LogP contribution in [-0.2, 0) is 9.47 Å². The molecule has 0 amide bonds. The Kier molecular flexibility index (Phi) is 6.15. The summed E-state index contributed by atoms with van der Waals surface area (Å²) in [5.74, 6) is 0. The normalized spacial score (nSPS) is 27.9. The summed E-state index contributed by atoms with van der Waals surface area (Å²) in [5.41, 5.74) is 0. The van der Waals surface area contributed by atoms with Crippen molar-refractivity contribution in [2.45, 2.75) is 45.3 Å². The van der Waals surface area contributed by atoms with Gasteiger partial charge in [-0.3, -0.25) is 0 Å². The fraction of sp³-hybridized carbons (Fsp3) is 1.00. The molecule has 84 valence electrons. The highest BCUT2D eigenvalue weighted by atomic mass is 16.5. The van der Waals surface area contributed by atoms with E-state index in [1.54, 1.807) is 0 Å². The summed E-state index contributed by atoms with van der Waals surface area (Å²) in [7, 11) is 0. The number of hydrogen-bond acceptors (Lipinski definition) is 3. The zero-order valence-electron chi connectivity index (χ0n) is 9.42. The van der Waals surface area contributed by atoms with E-state index < -0.39 is 0 Å². The quantitative estimate of drug-likeness (QED) is 0.707. The molecule has 0 aromatic rings. The van der Waals surface area contributed by atoms with E-state index in [1.807, 2.05) is 0 Å². The second-order valence-corrected chi connectivity index (χ2v) is 3.83. The summed E-state index contributed by atoms with van der Waals surface area (Å²) in [5, 5.41) is 3.53. The highest BCUT2D eigenvalue weighted by Crippen LogP contribution is 2.11. The van der Waals surface area contributed by atoms with Gasteiger partial charge in [-0.2, -0.15) is 0 Å². The van der Waals surface area contributed by atoms with Gasteiger partial charge in [-0.05, 0) is 25.8 Å². The zero-order valence-corrected chi connectivity index (χ0v) is 9.42. The largest absolute Gasteiger partial charge is 0.379 e. The van der Waals surface area contributed by atoms with Crippen molar-refractivity contribution in [2.75, 3.05) is 26.4 Å². The lowest BCUT2D eigenvalue weighted by Crippen LogP contribution is -2.48. The molecule has 2 unspecified atom stereocenters. The molecule has 1 aliphatic heterocycles. The average Bonchev–Trinajstić information content (AvgIpc) is 2.24. The molecule has 14 heavy (non-hydrogen) atoms. The lowest BCUT2D eigenvalue weighted by molar-refractivity contribution is -0.0685. The van der Waals surface area contributed by atoms with Gasteiger partial charge in [0, 0.05) is 19.3 Å². The maximum absolute atomic E-state index is 5.75. The van der Waals surface area contributed by atoms with Gasteiger partial charge >= 0.3 is 0 Å². The first-order chi connectivity index (χ1) is 6.88. The van der Waals surface area contributed by atoms with E-state index in [9.17, 15) is 0 Å². The van der Waals surface area contributed by atoms with Crippen molar-refractivity contribution in [3.05, 3.63) is 0 Å². The summed E-state index contributed by atoms with van der Waals surface area (Å²) in [6, 6.07) is 0.496. The predicted octanol–water partition coefficient (Wildman–Crippen LogP) is 1.57. The van der Waals surface area contributed by atoms with Gasteiger partial charge in [-0.25, -0.2) is 0 Å². The molecule has 0 bridgehead atoms.